The molecule has 0 spiro atoms. The molecule has 128 valence electrons. The normalized spacial score (nSPS) is 30.0. The first-order valence-corrected chi connectivity index (χ1v) is 9.68. The molecule has 1 saturated carbocycles. The Balaban J connectivity index is 2.00. The largest absolute Gasteiger partial charge is 0.461 e. The predicted octanol–water partition coefficient (Wildman–Crippen LogP) is 4.69. The van der Waals surface area contributed by atoms with Gasteiger partial charge in [-0.3, -0.25) is 9.69 Å². The molecule has 1 heterocycles. The van der Waals surface area contributed by atoms with Crippen molar-refractivity contribution in [2.45, 2.75) is 103 Å². The number of piperidine rings is 1. The first kappa shape index (κ1) is 17.8. The van der Waals surface area contributed by atoms with E-state index in [1.165, 1.54) is 90.1 Å². The fourth-order valence-corrected chi connectivity index (χ4v) is 4.16. The lowest BCUT2D eigenvalue weighted by atomic mass is 9.93. The molecule has 0 amide bonds. The summed E-state index contributed by atoms with van der Waals surface area (Å²) in [6.07, 6.45) is 17.0. The third-order valence-corrected chi connectivity index (χ3v) is 5.34. The lowest BCUT2D eigenvalue weighted by Crippen LogP contribution is -2.47. The summed E-state index contributed by atoms with van der Waals surface area (Å²) in [5.41, 5.74) is 0. The monoisotopic (exact) mass is 309 g/mol. The van der Waals surface area contributed by atoms with Gasteiger partial charge in [0.15, 0.2) is 0 Å². The maximum Gasteiger partial charge on any atom is 0.302 e. The zero-order valence-electron chi connectivity index (χ0n) is 14.5. The van der Waals surface area contributed by atoms with Gasteiger partial charge >= 0.3 is 5.97 Å². The van der Waals surface area contributed by atoms with E-state index in [-0.39, 0.29) is 12.1 Å². The highest BCUT2D eigenvalue weighted by atomic mass is 16.5. The third-order valence-electron chi connectivity index (χ3n) is 5.34. The van der Waals surface area contributed by atoms with Crippen LogP contribution in [0.1, 0.15) is 90.4 Å². The average Bonchev–Trinajstić information content (AvgIpc) is 2.50. The minimum absolute atomic E-state index is 0.0981. The van der Waals surface area contributed by atoms with Crippen LogP contribution >= 0.6 is 0 Å². The van der Waals surface area contributed by atoms with Crippen molar-refractivity contribution in [2.24, 2.45) is 0 Å². The molecule has 22 heavy (non-hydrogen) atoms. The Hall–Kier alpha value is -0.570. The molecule has 3 nitrogen and oxygen atoms in total. The molecular formula is C19H35NO2. The Labute approximate surface area is 136 Å². The van der Waals surface area contributed by atoms with Crippen molar-refractivity contribution in [1.82, 2.24) is 4.90 Å². The first-order valence-electron chi connectivity index (χ1n) is 9.68. The van der Waals surface area contributed by atoms with E-state index >= 15 is 0 Å². The topological polar surface area (TPSA) is 29.5 Å². The quantitative estimate of drug-likeness (QED) is 0.693. The van der Waals surface area contributed by atoms with Gasteiger partial charge in [0, 0.05) is 13.0 Å². The van der Waals surface area contributed by atoms with Gasteiger partial charge in [-0.2, -0.15) is 0 Å². The van der Waals surface area contributed by atoms with E-state index in [2.05, 4.69) is 4.90 Å². The van der Waals surface area contributed by atoms with Gasteiger partial charge in [0.1, 0.15) is 6.10 Å². The van der Waals surface area contributed by atoms with Crippen LogP contribution < -0.4 is 0 Å². The van der Waals surface area contributed by atoms with Crippen molar-refractivity contribution in [3.63, 3.8) is 0 Å². The summed E-state index contributed by atoms with van der Waals surface area (Å²) in [7, 11) is 0. The molecule has 0 bridgehead atoms. The number of likely N-dealkylation sites (tertiary alicyclic amines) is 1. The fraction of sp³-hybridized carbons (Fsp3) is 0.947. The van der Waals surface area contributed by atoms with Crippen molar-refractivity contribution in [3.05, 3.63) is 0 Å². The van der Waals surface area contributed by atoms with Gasteiger partial charge in [-0.1, -0.05) is 51.4 Å². The van der Waals surface area contributed by atoms with Crippen LogP contribution in [0, 0.1) is 0 Å². The summed E-state index contributed by atoms with van der Waals surface area (Å²) in [4.78, 5) is 14.2. The van der Waals surface area contributed by atoms with Crippen molar-refractivity contribution in [1.29, 1.82) is 0 Å². The molecule has 0 unspecified atom stereocenters. The van der Waals surface area contributed by atoms with Crippen LogP contribution in [0.2, 0.25) is 0 Å². The van der Waals surface area contributed by atoms with E-state index in [1.807, 2.05) is 0 Å². The molecule has 2 aliphatic rings. The number of carbonyl (C=O) groups excluding carboxylic acids is 1. The van der Waals surface area contributed by atoms with Crippen molar-refractivity contribution in [3.8, 4) is 0 Å². The zero-order valence-corrected chi connectivity index (χ0v) is 14.5. The van der Waals surface area contributed by atoms with E-state index in [9.17, 15) is 4.79 Å². The van der Waals surface area contributed by atoms with Crippen LogP contribution in [-0.4, -0.2) is 36.1 Å². The standard InChI is InChI=1S/C19H35NO2/c1-17(21)22-19-14-10-7-5-3-2-4-6-9-13-18(19)20-15-11-8-12-16-20/h18-19H,2-16H2,1H3/t18-,19-/m1/s1. The number of esters is 1. The lowest BCUT2D eigenvalue weighted by molar-refractivity contribution is -0.151. The van der Waals surface area contributed by atoms with Gasteiger partial charge in [-0.25, -0.2) is 0 Å². The summed E-state index contributed by atoms with van der Waals surface area (Å²) >= 11 is 0. The molecular weight excluding hydrogens is 274 g/mol. The number of hydrogen-bond acceptors (Lipinski definition) is 3. The molecule has 0 aromatic heterocycles. The number of rotatable bonds is 2. The second-order valence-electron chi connectivity index (χ2n) is 7.22. The van der Waals surface area contributed by atoms with E-state index in [0.29, 0.717) is 6.04 Å². The van der Waals surface area contributed by atoms with Crippen LogP contribution in [0.15, 0.2) is 0 Å². The highest BCUT2D eigenvalue weighted by Crippen LogP contribution is 2.25. The van der Waals surface area contributed by atoms with E-state index in [0.717, 1.165) is 6.42 Å². The summed E-state index contributed by atoms with van der Waals surface area (Å²) in [5.74, 6) is -0.0981. The minimum Gasteiger partial charge on any atom is -0.461 e. The van der Waals surface area contributed by atoms with Gasteiger partial charge in [0.05, 0.1) is 0 Å². The van der Waals surface area contributed by atoms with Crippen LogP contribution in [-0.2, 0) is 9.53 Å². The molecule has 0 aromatic rings. The van der Waals surface area contributed by atoms with Crippen LogP contribution in [0.4, 0.5) is 0 Å². The van der Waals surface area contributed by atoms with Crippen LogP contribution in [0.5, 0.6) is 0 Å². The highest BCUT2D eigenvalue weighted by molar-refractivity contribution is 5.66. The summed E-state index contributed by atoms with van der Waals surface area (Å²) in [5, 5.41) is 0. The SMILES string of the molecule is CC(=O)O[C@@H]1CCCCCCCCCC[C@H]1N1CCCCC1. The smallest absolute Gasteiger partial charge is 0.302 e. The third kappa shape index (κ3) is 6.28. The molecule has 3 heteroatoms. The van der Waals surface area contributed by atoms with Crippen LogP contribution in [0.3, 0.4) is 0 Å². The van der Waals surface area contributed by atoms with Crippen molar-refractivity contribution >= 4 is 5.97 Å². The Morgan fingerprint density at radius 1 is 0.773 bits per heavy atom. The van der Waals surface area contributed by atoms with Crippen LogP contribution in [0.25, 0.3) is 0 Å². The fourth-order valence-electron chi connectivity index (χ4n) is 4.16. The Morgan fingerprint density at radius 2 is 1.27 bits per heavy atom. The number of carbonyl (C=O) groups is 1. The van der Waals surface area contributed by atoms with Gasteiger partial charge in [0.2, 0.25) is 0 Å². The number of ether oxygens (including phenoxy) is 1. The van der Waals surface area contributed by atoms with E-state index < -0.39 is 0 Å². The number of hydrogen-bond donors (Lipinski definition) is 0. The highest BCUT2D eigenvalue weighted by Gasteiger charge is 2.30. The molecule has 0 radical (unpaired) electrons. The summed E-state index contributed by atoms with van der Waals surface area (Å²) in [6, 6.07) is 0.462. The van der Waals surface area contributed by atoms with Gasteiger partial charge in [0.25, 0.3) is 0 Å². The molecule has 0 aromatic carbocycles. The van der Waals surface area contributed by atoms with Gasteiger partial charge in [-0.15, -0.1) is 0 Å². The minimum atomic E-state index is -0.0981. The predicted molar refractivity (Wildman–Crippen MR) is 90.9 cm³/mol. The lowest BCUT2D eigenvalue weighted by Gasteiger charge is -2.39. The van der Waals surface area contributed by atoms with Crippen molar-refractivity contribution in [2.75, 3.05) is 13.1 Å². The molecule has 1 aliphatic carbocycles. The maximum atomic E-state index is 11.6. The zero-order chi connectivity index (χ0) is 15.6. The molecule has 2 fully saturated rings. The molecule has 1 saturated heterocycles. The van der Waals surface area contributed by atoms with Gasteiger partial charge < -0.3 is 4.74 Å². The molecule has 2 rings (SSSR count). The molecule has 0 N–H and O–H groups in total. The maximum absolute atomic E-state index is 11.6. The Morgan fingerprint density at radius 3 is 1.86 bits per heavy atom. The Kier molecular flexibility index (Phi) is 8.28. The first-order chi connectivity index (χ1) is 10.8. The second kappa shape index (κ2) is 10.3. The van der Waals surface area contributed by atoms with Crippen molar-refractivity contribution < 1.29 is 9.53 Å². The summed E-state index contributed by atoms with van der Waals surface area (Å²) < 4.78 is 5.78. The molecule has 1 aliphatic heterocycles. The summed E-state index contributed by atoms with van der Waals surface area (Å²) in [6.45, 7) is 3.97. The number of nitrogens with zero attached hydrogens (tertiary/aromatic N) is 1. The molecule has 2 atom stereocenters. The Bertz CT molecular complexity index is 313. The van der Waals surface area contributed by atoms with E-state index in [4.69, 9.17) is 4.74 Å². The second-order valence-corrected chi connectivity index (χ2v) is 7.22. The average molecular weight is 309 g/mol. The van der Waals surface area contributed by atoms with E-state index in [1.54, 1.807) is 6.92 Å². The van der Waals surface area contributed by atoms with Gasteiger partial charge in [-0.05, 0) is 45.2 Å².